The highest BCUT2D eigenvalue weighted by Gasteiger charge is 2.39. The van der Waals surface area contributed by atoms with Gasteiger partial charge in [0, 0.05) is 23.5 Å². The van der Waals surface area contributed by atoms with E-state index in [1.807, 2.05) is 29.0 Å². The number of nitrogens with zero attached hydrogens (tertiary/aromatic N) is 2. The molecular weight excluding hydrogens is 380 g/mol. The Morgan fingerprint density at radius 2 is 1.96 bits per heavy atom. The molecule has 2 fully saturated rings. The highest BCUT2D eigenvalue weighted by molar-refractivity contribution is 7.91. The molecule has 2 aliphatic rings. The molecule has 1 amide bonds. The second-order valence-corrected chi connectivity index (χ2v) is 11.2. The lowest BCUT2D eigenvalue weighted by molar-refractivity contribution is -0.136. The Morgan fingerprint density at radius 1 is 1.24 bits per heavy atom. The molecule has 1 saturated carbocycles. The second kappa shape index (κ2) is 7.94. The van der Waals surface area contributed by atoms with Crippen LogP contribution in [0.3, 0.4) is 0 Å². The number of hydrogen-bond donors (Lipinski definition) is 0. The van der Waals surface area contributed by atoms with E-state index in [1.54, 1.807) is 0 Å². The standard InChI is InChI=1S/C17H25ClN2O3S2/c1-19(10-15-6-7-16(18)24-15)11-17(21)20(13-4-2-3-5-13)14-8-9-25(22,23)12-14/h6-7,13-14H,2-5,8-12H2,1H3/t14-/m1/s1. The van der Waals surface area contributed by atoms with Crippen molar-refractivity contribution in [1.29, 1.82) is 0 Å². The third-order valence-corrected chi connectivity index (χ3v) is 8.03. The fraction of sp³-hybridized carbons (Fsp3) is 0.706. The van der Waals surface area contributed by atoms with Crippen molar-refractivity contribution in [3.8, 4) is 0 Å². The number of hydrogen-bond acceptors (Lipinski definition) is 5. The van der Waals surface area contributed by atoms with E-state index >= 15 is 0 Å². The number of amides is 1. The summed E-state index contributed by atoms with van der Waals surface area (Å²) in [5, 5.41) is 0. The van der Waals surface area contributed by atoms with Crippen LogP contribution >= 0.6 is 22.9 Å². The summed E-state index contributed by atoms with van der Waals surface area (Å²) in [6.45, 7) is 0.979. The van der Waals surface area contributed by atoms with Crippen LogP contribution in [0, 0.1) is 0 Å². The van der Waals surface area contributed by atoms with Crippen LogP contribution in [-0.2, 0) is 21.2 Å². The molecule has 8 heteroatoms. The SMILES string of the molecule is CN(CC(=O)N(C1CCCC1)[C@@H]1CCS(=O)(=O)C1)Cc1ccc(Cl)s1. The predicted octanol–water partition coefficient (Wildman–Crippen LogP) is 2.79. The molecule has 5 nitrogen and oxygen atoms in total. The number of likely N-dealkylation sites (N-methyl/N-ethyl adjacent to an activating group) is 1. The predicted molar refractivity (Wildman–Crippen MR) is 102 cm³/mol. The maximum absolute atomic E-state index is 13.0. The van der Waals surface area contributed by atoms with Gasteiger partial charge in [-0.2, -0.15) is 0 Å². The van der Waals surface area contributed by atoms with E-state index in [4.69, 9.17) is 11.6 Å². The number of rotatable bonds is 6. The van der Waals surface area contributed by atoms with Gasteiger partial charge in [0.15, 0.2) is 9.84 Å². The first-order valence-electron chi connectivity index (χ1n) is 8.78. The molecule has 1 aromatic rings. The van der Waals surface area contributed by atoms with E-state index in [0.717, 1.165) is 34.9 Å². The molecule has 1 aliphatic carbocycles. The lowest BCUT2D eigenvalue weighted by Gasteiger charge is -2.35. The molecule has 0 spiro atoms. The molecule has 3 rings (SSSR count). The summed E-state index contributed by atoms with van der Waals surface area (Å²) in [7, 11) is -1.08. The van der Waals surface area contributed by atoms with Gasteiger partial charge in [-0.3, -0.25) is 9.69 Å². The van der Waals surface area contributed by atoms with Gasteiger partial charge >= 0.3 is 0 Å². The van der Waals surface area contributed by atoms with Gasteiger partial charge < -0.3 is 4.90 Å². The summed E-state index contributed by atoms with van der Waals surface area (Å²) >= 11 is 7.49. The molecule has 0 radical (unpaired) electrons. The van der Waals surface area contributed by atoms with Crippen molar-refractivity contribution in [1.82, 2.24) is 9.80 Å². The summed E-state index contributed by atoms with van der Waals surface area (Å²) in [6, 6.07) is 3.90. The third kappa shape index (κ3) is 4.96. The highest BCUT2D eigenvalue weighted by Crippen LogP contribution is 2.29. The van der Waals surface area contributed by atoms with Crippen molar-refractivity contribution in [2.24, 2.45) is 0 Å². The Labute approximate surface area is 158 Å². The lowest BCUT2D eigenvalue weighted by atomic mass is 10.1. The molecule has 1 aliphatic heterocycles. The van der Waals surface area contributed by atoms with Crippen LogP contribution in [0.25, 0.3) is 0 Å². The quantitative estimate of drug-likeness (QED) is 0.731. The first kappa shape index (κ1) is 19.1. The Balaban J connectivity index is 1.66. The van der Waals surface area contributed by atoms with E-state index in [1.165, 1.54) is 11.3 Å². The van der Waals surface area contributed by atoms with Crippen LogP contribution in [-0.4, -0.2) is 61.3 Å². The average Bonchev–Trinajstić information content (AvgIpc) is 3.23. The first-order valence-corrected chi connectivity index (χ1v) is 11.8. The van der Waals surface area contributed by atoms with Gasteiger partial charge in [0.05, 0.1) is 22.4 Å². The normalized spacial score (nSPS) is 23.4. The van der Waals surface area contributed by atoms with E-state index in [2.05, 4.69) is 0 Å². The summed E-state index contributed by atoms with van der Waals surface area (Å²) in [6.07, 6.45) is 4.81. The fourth-order valence-electron chi connectivity index (χ4n) is 3.95. The van der Waals surface area contributed by atoms with Gasteiger partial charge in [0.25, 0.3) is 0 Å². The Morgan fingerprint density at radius 3 is 2.52 bits per heavy atom. The molecule has 2 heterocycles. The van der Waals surface area contributed by atoms with Crippen LogP contribution in [0.2, 0.25) is 4.34 Å². The molecule has 25 heavy (non-hydrogen) atoms. The average molecular weight is 405 g/mol. The monoisotopic (exact) mass is 404 g/mol. The molecule has 0 N–H and O–H groups in total. The minimum atomic E-state index is -3.00. The molecule has 1 saturated heterocycles. The van der Waals surface area contributed by atoms with Gasteiger partial charge in [-0.05, 0) is 38.4 Å². The summed E-state index contributed by atoms with van der Waals surface area (Å²) < 4.78 is 24.5. The largest absolute Gasteiger partial charge is 0.335 e. The summed E-state index contributed by atoms with van der Waals surface area (Å²) in [4.78, 5) is 18.0. The van der Waals surface area contributed by atoms with E-state index < -0.39 is 9.84 Å². The topological polar surface area (TPSA) is 57.7 Å². The zero-order chi connectivity index (χ0) is 18.0. The van der Waals surface area contributed by atoms with E-state index in [9.17, 15) is 13.2 Å². The number of carbonyl (C=O) groups is 1. The summed E-state index contributed by atoms with van der Waals surface area (Å²) in [5.41, 5.74) is 0. The Hall–Kier alpha value is -0.630. The van der Waals surface area contributed by atoms with Gasteiger partial charge in [-0.15, -0.1) is 11.3 Å². The van der Waals surface area contributed by atoms with Gasteiger partial charge in [-0.1, -0.05) is 24.4 Å². The van der Waals surface area contributed by atoms with E-state index in [-0.39, 0.29) is 29.5 Å². The molecule has 1 aromatic heterocycles. The van der Waals surface area contributed by atoms with Gasteiger partial charge in [0.1, 0.15) is 0 Å². The van der Waals surface area contributed by atoms with Crippen molar-refractivity contribution in [2.45, 2.75) is 50.7 Å². The van der Waals surface area contributed by atoms with Crippen molar-refractivity contribution < 1.29 is 13.2 Å². The maximum Gasteiger partial charge on any atom is 0.237 e. The first-order chi connectivity index (χ1) is 11.8. The molecule has 1 atom stereocenters. The van der Waals surface area contributed by atoms with Crippen LogP contribution in [0.4, 0.5) is 0 Å². The highest BCUT2D eigenvalue weighted by atomic mass is 35.5. The Kier molecular flexibility index (Phi) is 6.08. The van der Waals surface area contributed by atoms with Crippen molar-refractivity contribution in [2.75, 3.05) is 25.1 Å². The number of carbonyl (C=O) groups excluding carboxylic acids is 1. The smallest absolute Gasteiger partial charge is 0.237 e. The third-order valence-electron chi connectivity index (χ3n) is 5.07. The van der Waals surface area contributed by atoms with Crippen LogP contribution in [0.15, 0.2) is 12.1 Å². The zero-order valence-corrected chi connectivity index (χ0v) is 16.9. The molecule has 0 unspecified atom stereocenters. The molecular formula is C17H25ClN2O3S2. The van der Waals surface area contributed by atoms with Gasteiger partial charge in [-0.25, -0.2) is 8.42 Å². The summed E-state index contributed by atoms with van der Waals surface area (Å²) in [5.74, 6) is 0.385. The van der Waals surface area contributed by atoms with Crippen LogP contribution < -0.4 is 0 Å². The molecule has 0 aromatic carbocycles. The fourth-order valence-corrected chi connectivity index (χ4v) is 6.83. The van der Waals surface area contributed by atoms with Crippen molar-refractivity contribution >= 4 is 38.7 Å². The Bertz CT molecular complexity index is 713. The number of sulfone groups is 1. The van der Waals surface area contributed by atoms with Crippen molar-refractivity contribution in [3.05, 3.63) is 21.3 Å². The molecule has 0 bridgehead atoms. The number of halogens is 1. The van der Waals surface area contributed by atoms with E-state index in [0.29, 0.717) is 19.5 Å². The second-order valence-electron chi connectivity index (χ2n) is 7.17. The minimum absolute atomic E-state index is 0.0548. The lowest BCUT2D eigenvalue weighted by Crippen LogP contribution is -2.50. The number of thiophene rings is 1. The zero-order valence-electron chi connectivity index (χ0n) is 14.5. The van der Waals surface area contributed by atoms with Gasteiger partial charge in [0.2, 0.25) is 5.91 Å². The minimum Gasteiger partial charge on any atom is -0.335 e. The van der Waals surface area contributed by atoms with Crippen molar-refractivity contribution in [3.63, 3.8) is 0 Å². The van der Waals surface area contributed by atoms with Crippen LogP contribution in [0.1, 0.15) is 37.0 Å². The maximum atomic E-state index is 13.0. The molecule has 140 valence electrons. The van der Waals surface area contributed by atoms with Crippen LogP contribution in [0.5, 0.6) is 0 Å².